The predicted molar refractivity (Wildman–Crippen MR) is 133 cm³/mol. The lowest BCUT2D eigenvalue weighted by atomic mass is 9.49. The van der Waals surface area contributed by atoms with Crippen molar-refractivity contribution in [3.05, 3.63) is 46.5 Å². The van der Waals surface area contributed by atoms with Gasteiger partial charge in [0.05, 0.1) is 10.8 Å². The van der Waals surface area contributed by atoms with Crippen LogP contribution in [0.5, 0.6) is 0 Å². The van der Waals surface area contributed by atoms with Gasteiger partial charge in [0.15, 0.2) is 0 Å². The molecule has 5 nitrogen and oxygen atoms in total. The van der Waals surface area contributed by atoms with E-state index in [2.05, 4.69) is 39.9 Å². The molecule has 1 heterocycles. The molecule has 3 fully saturated rings. The van der Waals surface area contributed by atoms with E-state index in [0.717, 1.165) is 42.3 Å². The number of nitrogens with zero attached hydrogens (tertiary/aromatic N) is 1. The summed E-state index contributed by atoms with van der Waals surface area (Å²) in [7, 11) is 0. The average molecular weight is 515 g/mol. The first-order chi connectivity index (χ1) is 15.8. The number of halogens is 1. The number of unbranched alkanes of at least 4 members (excludes halogenated alkanes) is 1. The van der Waals surface area contributed by atoms with Crippen molar-refractivity contribution in [2.45, 2.75) is 57.8 Å². The van der Waals surface area contributed by atoms with Crippen molar-refractivity contribution in [3.8, 4) is 0 Å². The number of carbonyl (C=O) groups excluding carboxylic acids is 2. The number of hydrogen-bond donors (Lipinski definition) is 2. The first kappa shape index (κ1) is 23.1. The van der Waals surface area contributed by atoms with Crippen LogP contribution in [-0.4, -0.2) is 36.3 Å². The Balaban J connectivity index is 1.55. The Hall–Kier alpha value is -1.66. The Kier molecular flexibility index (Phi) is 5.76. The van der Waals surface area contributed by atoms with Gasteiger partial charge in [-0.05, 0) is 99.0 Å². The molecule has 2 saturated carbocycles. The molecule has 178 valence electrons. The molecule has 4 N–H and O–H groups in total. The third-order valence-electron chi connectivity index (χ3n) is 9.72. The molecule has 5 rings (SSSR count). The van der Waals surface area contributed by atoms with Crippen LogP contribution in [0.2, 0.25) is 0 Å². The Labute approximate surface area is 205 Å². The molecule has 3 aliphatic carbocycles. The van der Waals surface area contributed by atoms with E-state index in [1.165, 1.54) is 25.9 Å². The fourth-order valence-electron chi connectivity index (χ4n) is 8.20. The van der Waals surface area contributed by atoms with Crippen LogP contribution in [0.1, 0.15) is 63.4 Å². The Morgan fingerprint density at radius 1 is 1.03 bits per heavy atom. The van der Waals surface area contributed by atoms with E-state index in [9.17, 15) is 9.59 Å². The topological polar surface area (TPSA) is 89.4 Å². The molecule has 6 heteroatoms. The number of allylic oxidation sites excluding steroid dienone is 2. The number of carbonyl (C=O) groups is 2. The highest BCUT2D eigenvalue weighted by molar-refractivity contribution is 9.10. The second-order valence-electron chi connectivity index (χ2n) is 10.9. The lowest BCUT2D eigenvalue weighted by Gasteiger charge is -2.51. The smallest absolute Gasteiger partial charge is 0.225 e. The normalized spacial score (nSPS) is 34.7. The molecule has 0 aromatic heterocycles. The monoisotopic (exact) mass is 513 g/mol. The fraction of sp³-hybridized carbons (Fsp3) is 0.630. The fourth-order valence-corrected chi connectivity index (χ4v) is 8.47. The Morgan fingerprint density at radius 2 is 1.67 bits per heavy atom. The van der Waals surface area contributed by atoms with Crippen molar-refractivity contribution < 1.29 is 9.59 Å². The van der Waals surface area contributed by atoms with Gasteiger partial charge >= 0.3 is 0 Å². The van der Waals surface area contributed by atoms with Gasteiger partial charge in [0.2, 0.25) is 11.8 Å². The standard InChI is InChI=1S/C27H36BrN3O2/c1-18(19-6-8-20(28)9-7-19)27(24(30)33)22-11-10-21(25(22)13-14-25)26(27,23(29)32)12-2-3-15-31-16-4-5-17-31/h6-11,18,21-22H,2-5,12-17H2,1H3,(H2,29,32)(H2,30,33)/t18?,21-,22+,26+,27+/m1/s1. The molecule has 1 aromatic rings. The van der Waals surface area contributed by atoms with Crippen LogP contribution in [0, 0.1) is 28.1 Å². The summed E-state index contributed by atoms with van der Waals surface area (Å²) >= 11 is 3.52. The second kappa shape index (κ2) is 8.23. The predicted octanol–water partition coefficient (Wildman–Crippen LogP) is 4.36. The van der Waals surface area contributed by atoms with Gasteiger partial charge in [-0.15, -0.1) is 0 Å². The molecule has 1 spiro atoms. The zero-order valence-corrected chi connectivity index (χ0v) is 21.1. The zero-order valence-electron chi connectivity index (χ0n) is 19.6. The molecule has 1 saturated heterocycles. The van der Waals surface area contributed by atoms with Gasteiger partial charge in [0, 0.05) is 4.47 Å². The van der Waals surface area contributed by atoms with Gasteiger partial charge in [-0.25, -0.2) is 0 Å². The maximum atomic E-state index is 13.6. The van der Waals surface area contributed by atoms with Gasteiger partial charge in [0.25, 0.3) is 0 Å². The van der Waals surface area contributed by atoms with E-state index in [1.54, 1.807) is 0 Å². The van der Waals surface area contributed by atoms with Crippen LogP contribution in [0.25, 0.3) is 0 Å². The van der Waals surface area contributed by atoms with Crippen molar-refractivity contribution >= 4 is 27.7 Å². The lowest BCUT2D eigenvalue weighted by Crippen LogP contribution is -2.61. The van der Waals surface area contributed by atoms with Gasteiger partial charge in [-0.2, -0.15) is 0 Å². The Morgan fingerprint density at radius 3 is 2.24 bits per heavy atom. The third-order valence-corrected chi connectivity index (χ3v) is 10.2. The minimum Gasteiger partial charge on any atom is -0.369 e. The lowest BCUT2D eigenvalue weighted by molar-refractivity contribution is -0.154. The minimum absolute atomic E-state index is 0.00434. The molecule has 1 unspecified atom stereocenters. The molecular formula is C27H36BrN3O2. The van der Waals surface area contributed by atoms with E-state index in [1.807, 2.05) is 24.3 Å². The SMILES string of the molecule is CC(c1ccc(Br)cc1)[C@@]1(C(N)=O)[C@H]2C=C[C@H](C23CC3)[C@@]1(CCCCN1CCCC1)C(N)=O. The van der Waals surface area contributed by atoms with Gasteiger partial charge in [-0.3, -0.25) is 9.59 Å². The first-order valence-corrected chi connectivity index (χ1v) is 13.4. The summed E-state index contributed by atoms with van der Waals surface area (Å²) in [5.41, 5.74) is 11.8. The number of primary amides is 2. The first-order valence-electron chi connectivity index (χ1n) is 12.6. The molecular weight excluding hydrogens is 478 g/mol. The molecule has 0 radical (unpaired) electrons. The maximum Gasteiger partial charge on any atom is 0.225 e. The molecule has 5 atom stereocenters. The van der Waals surface area contributed by atoms with Gasteiger partial charge in [0.1, 0.15) is 0 Å². The summed E-state index contributed by atoms with van der Waals surface area (Å²) in [6.45, 7) is 5.48. The van der Waals surface area contributed by atoms with Crippen LogP contribution in [0.4, 0.5) is 0 Å². The summed E-state index contributed by atoms with van der Waals surface area (Å²) < 4.78 is 0.987. The number of likely N-dealkylation sites (tertiary alicyclic amines) is 1. The van der Waals surface area contributed by atoms with Crippen molar-refractivity contribution in [3.63, 3.8) is 0 Å². The van der Waals surface area contributed by atoms with Crippen LogP contribution >= 0.6 is 15.9 Å². The number of amides is 2. The molecule has 1 aromatic carbocycles. The zero-order chi connectivity index (χ0) is 23.4. The van der Waals surface area contributed by atoms with Crippen LogP contribution in [0.15, 0.2) is 40.9 Å². The highest BCUT2D eigenvalue weighted by atomic mass is 79.9. The molecule has 1 aliphatic heterocycles. The number of nitrogens with two attached hydrogens (primary N) is 2. The van der Waals surface area contributed by atoms with Gasteiger partial charge < -0.3 is 16.4 Å². The number of benzene rings is 1. The largest absolute Gasteiger partial charge is 0.369 e. The van der Waals surface area contributed by atoms with Crippen molar-refractivity contribution in [2.24, 2.45) is 39.5 Å². The van der Waals surface area contributed by atoms with Crippen LogP contribution < -0.4 is 11.5 Å². The van der Waals surface area contributed by atoms with E-state index in [-0.39, 0.29) is 35.0 Å². The van der Waals surface area contributed by atoms with Crippen LogP contribution in [0.3, 0.4) is 0 Å². The third kappa shape index (κ3) is 3.12. The number of hydrogen-bond acceptors (Lipinski definition) is 3. The summed E-state index contributed by atoms with van der Waals surface area (Å²) in [6, 6.07) is 8.10. The van der Waals surface area contributed by atoms with Crippen molar-refractivity contribution in [1.29, 1.82) is 0 Å². The van der Waals surface area contributed by atoms with Gasteiger partial charge in [-0.1, -0.05) is 53.6 Å². The van der Waals surface area contributed by atoms with E-state index < -0.39 is 10.8 Å². The summed E-state index contributed by atoms with van der Waals surface area (Å²) in [4.78, 5) is 29.7. The van der Waals surface area contributed by atoms with Crippen molar-refractivity contribution in [2.75, 3.05) is 19.6 Å². The van der Waals surface area contributed by atoms with E-state index in [4.69, 9.17) is 11.5 Å². The summed E-state index contributed by atoms with van der Waals surface area (Å²) in [5.74, 6) is -0.928. The quantitative estimate of drug-likeness (QED) is 0.379. The highest BCUT2D eigenvalue weighted by Crippen LogP contribution is 2.82. The minimum atomic E-state index is -1.00. The van der Waals surface area contributed by atoms with Crippen molar-refractivity contribution in [1.82, 2.24) is 4.90 Å². The molecule has 2 amide bonds. The highest BCUT2D eigenvalue weighted by Gasteiger charge is 2.83. The molecule has 4 aliphatic rings. The summed E-state index contributed by atoms with van der Waals surface area (Å²) in [6.07, 6.45) is 11.6. The second-order valence-corrected chi connectivity index (χ2v) is 11.8. The molecule has 2 bridgehead atoms. The van der Waals surface area contributed by atoms with E-state index >= 15 is 0 Å². The van der Waals surface area contributed by atoms with Crippen LogP contribution in [-0.2, 0) is 9.59 Å². The number of rotatable bonds is 9. The average Bonchev–Trinajstić information content (AvgIpc) is 3.16. The Bertz CT molecular complexity index is 966. The summed E-state index contributed by atoms with van der Waals surface area (Å²) in [5, 5.41) is 0. The molecule has 33 heavy (non-hydrogen) atoms. The maximum absolute atomic E-state index is 13.6. The van der Waals surface area contributed by atoms with E-state index in [0.29, 0.717) is 6.42 Å².